The molecule has 144 valence electrons. The molecule has 1 atom stereocenters. The van der Waals surface area contributed by atoms with E-state index in [0.717, 1.165) is 25.1 Å². The van der Waals surface area contributed by atoms with E-state index in [1.165, 1.54) is 14.2 Å². The Kier molecular flexibility index (Phi) is 6.43. The average molecular weight is 372 g/mol. The number of anilines is 1. The van der Waals surface area contributed by atoms with E-state index < -0.39 is 0 Å². The van der Waals surface area contributed by atoms with E-state index in [9.17, 15) is 4.79 Å². The van der Waals surface area contributed by atoms with E-state index in [2.05, 4.69) is 15.3 Å². The Balaban J connectivity index is 1.75. The third kappa shape index (κ3) is 5.07. The second-order valence-corrected chi connectivity index (χ2v) is 6.18. The number of ether oxygens (including phenoxy) is 3. The Labute approximate surface area is 158 Å². The minimum atomic E-state index is -0.263. The topological polar surface area (TPSA) is 85.8 Å². The lowest BCUT2D eigenvalue weighted by Gasteiger charge is -2.25. The molecule has 1 aliphatic rings. The second-order valence-electron chi connectivity index (χ2n) is 6.18. The number of urea groups is 1. The molecule has 0 bridgehead atoms. The molecule has 1 saturated heterocycles. The molecule has 0 spiro atoms. The molecule has 1 aliphatic heterocycles. The van der Waals surface area contributed by atoms with Crippen molar-refractivity contribution >= 4 is 11.7 Å². The second kappa shape index (κ2) is 9.18. The lowest BCUT2D eigenvalue weighted by molar-refractivity contribution is 0.0816. The van der Waals surface area contributed by atoms with Crippen LogP contribution >= 0.6 is 0 Å². The largest absolute Gasteiger partial charge is 0.481 e. The van der Waals surface area contributed by atoms with E-state index in [-0.39, 0.29) is 18.0 Å². The Morgan fingerprint density at radius 1 is 1.30 bits per heavy atom. The molecular formula is C19H24N4O4. The first-order chi connectivity index (χ1) is 13.2. The fourth-order valence-corrected chi connectivity index (χ4v) is 2.92. The van der Waals surface area contributed by atoms with Gasteiger partial charge in [0.25, 0.3) is 0 Å². The van der Waals surface area contributed by atoms with Gasteiger partial charge in [-0.3, -0.25) is 4.98 Å². The summed E-state index contributed by atoms with van der Waals surface area (Å²) in [5, 5.41) is 2.87. The summed E-state index contributed by atoms with van der Waals surface area (Å²) in [5.74, 6) is 0.701. The quantitative estimate of drug-likeness (QED) is 0.804. The van der Waals surface area contributed by atoms with Gasteiger partial charge in [-0.05, 0) is 31.0 Å². The molecule has 3 rings (SSSR count). The number of carbonyl (C=O) groups excluding carboxylic acids is 1. The zero-order valence-electron chi connectivity index (χ0n) is 15.6. The number of nitrogens with one attached hydrogen (secondary N) is 1. The number of hydrogen-bond donors (Lipinski definition) is 1. The van der Waals surface area contributed by atoms with Gasteiger partial charge in [-0.15, -0.1) is 0 Å². The first-order valence-corrected chi connectivity index (χ1v) is 8.86. The Morgan fingerprint density at radius 2 is 2.19 bits per heavy atom. The maximum absolute atomic E-state index is 12.9. The van der Waals surface area contributed by atoms with Gasteiger partial charge >= 0.3 is 6.03 Å². The maximum atomic E-state index is 12.9. The molecule has 1 fully saturated rings. The molecule has 8 nitrogen and oxygen atoms in total. The first kappa shape index (κ1) is 18.9. The van der Waals surface area contributed by atoms with Crippen LogP contribution in [0.5, 0.6) is 11.8 Å². The molecule has 2 aromatic rings. The van der Waals surface area contributed by atoms with Crippen molar-refractivity contribution in [1.29, 1.82) is 0 Å². The zero-order valence-corrected chi connectivity index (χ0v) is 15.6. The van der Waals surface area contributed by atoms with Crippen molar-refractivity contribution in [2.24, 2.45) is 0 Å². The number of pyridine rings is 2. The van der Waals surface area contributed by atoms with E-state index in [4.69, 9.17) is 14.2 Å². The van der Waals surface area contributed by atoms with Gasteiger partial charge in [0.2, 0.25) is 11.8 Å². The first-order valence-electron chi connectivity index (χ1n) is 8.86. The van der Waals surface area contributed by atoms with Gasteiger partial charge in [-0.25, -0.2) is 4.79 Å². The lowest BCUT2D eigenvalue weighted by atomic mass is 10.2. The smallest absolute Gasteiger partial charge is 0.322 e. The molecule has 3 heterocycles. The fraction of sp³-hybridized carbons (Fsp3) is 0.421. The normalized spacial score (nSPS) is 16.0. The van der Waals surface area contributed by atoms with Crippen LogP contribution in [0.15, 0.2) is 36.5 Å². The highest BCUT2D eigenvalue weighted by atomic mass is 16.5. The number of aromatic nitrogens is 2. The number of carbonyl (C=O) groups is 1. The van der Waals surface area contributed by atoms with Gasteiger partial charge in [-0.2, -0.15) is 4.98 Å². The fourth-order valence-electron chi connectivity index (χ4n) is 2.92. The van der Waals surface area contributed by atoms with Gasteiger partial charge in [0.1, 0.15) is 5.69 Å². The van der Waals surface area contributed by atoms with Crippen LogP contribution in [0.4, 0.5) is 10.5 Å². The Morgan fingerprint density at radius 3 is 2.85 bits per heavy atom. The van der Waals surface area contributed by atoms with Gasteiger partial charge in [0.05, 0.1) is 32.6 Å². The van der Waals surface area contributed by atoms with Crippen molar-refractivity contribution in [3.05, 3.63) is 42.2 Å². The zero-order chi connectivity index (χ0) is 19.1. The number of rotatable bonds is 7. The third-order valence-corrected chi connectivity index (χ3v) is 4.29. The molecule has 0 aliphatic carbocycles. The Bertz CT molecular complexity index is 751. The molecule has 2 aromatic heterocycles. The average Bonchev–Trinajstić information content (AvgIpc) is 3.21. The number of methoxy groups -OCH3 is 2. The molecule has 2 amide bonds. The molecule has 1 N–H and O–H groups in total. The highest BCUT2D eigenvalue weighted by molar-refractivity contribution is 5.90. The molecular weight excluding hydrogens is 348 g/mol. The van der Waals surface area contributed by atoms with Crippen LogP contribution in [0.1, 0.15) is 18.5 Å². The van der Waals surface area contributed by atoms with Crippen LogP contribution in [-0.4, -0.2) is 54.4 Å². The summed E-state index contributed by atoms with van der Waals surface area (Å²) in [7, 11) is 3.02. The van der Waals surface area contributed by atoms with Gasteiger partial charge in [-0.1, -0.05) is 6.07 Å². The summed E-state index contributed by atoms with van der Waals surface area (Å²) < 4.78 is 16.1. The van der Waals surface area contributed by atoms with Crippen molar-refractivity contribution in [3.8, 4) is 11.8 Å². The lowest BCUT2D eigenvalue weighted by Crippen LogP contribution is -2.40. The van der Waals surface area contributed by atoms with Crippen LogP contribution < -0.4 is 14.8 Å². The van der Waals surface area contributed by atoms with Crippen molar-refractivity contribution in [3.63, 3.8) is 0 Å². The van der Waals surface area contributed by atoms with Crippen LogP contribution in [0.2, 0.25) is 0 Å². The summed E-state index contributed by atoms with van der Waals surface area (Å²) in [4.78, 5) is 23.2. The van der Waals surface area contributed by atoms with Crippen LogP contribution in [0.25, 0.3) is 0 Å². The summed E-state index contributed by atoms with van der Waals surface area (Å²) in [6.45, 7) is 1.62. The molecule has 27 heavy (non-hydrogen) atoms. The molecule has 0 aromatic carbocycles. The van der Waals surface area contributed by atoms with Crippen molar-refractivity contribution in [1.82, 2.24) is 14.9 Å². The van der Waals surface area contributed by atoms with Crippen molar-refractivity contribution < 1.29 is 19.0 Å². The molecule has 8 heteroatoms. The minimum absolute atomic E-state index is 0.0374. The van der Waals surface area contributed by atoms with E-state index >= 15 is 0 Å². The summed E-state index contributed by atoms with van der Waals surface area (Å²) >= 11 is 0. The van der Waals surface area contributed by atoms with E-state index in [0.29, 0.717) is 24.7 Å². The maximum Gasteiger partial charge on any atom is 0.322 e. The van der Waals surface area contributed by atoms with Crippen LogP contribution in [-0.2, 0) is 11.3 Å². The highest BCUT2D eigenvalue weighted by Crippen LogP contribution is 2.25. The van der Waals surface area contributed by atoms with E-state index in [1.54, 1.807) is 23.2 Å². The molecule has 0 unspecified atom stereocenters. The number of hydrogen-bond acceptors (Lipinski definition) is 6. The summed E-state index contributed by atoms with van der Waals surface area (Å²) in [6.07, 6.45) is 3.71. The highest BCUT2D eigenvalue weighted by Gasteiger charge is 2.24. The number of amides is 2. The monoisotopic (exact) mass is 372 g/mol. The van der Waals surface area contributed by atoms with Crippen LogP contribution in [0, 0.1) is 0 Å². The predicted molar refractivity (Wildman–Crippen MR) is 100.0 cm³/mol. The molecule has 0 radical (unpaired) electrons. The Hall–Kier alpha value is -2.87. The summed E-state index contributed by atoms with van der Waals surface area (Å²) in [5.41, 5.74) is 1.28. The number of nitrogens with zero attached hydrogens (tertiary/aromatic N) is 3. The van der Waals surface area contributed by atoms with Crippen molar-refractivity contribution in [2.75, 3.05) is 32.7 Å². The molecule has 0 saturated carbocycles. The standard InChI is InChI=1S/C19H24N4O4/c1-25-17-9-8-16(18(22-17)26-2)21-19(24)23(13-15-7-5-11-27-15)12-14-6-3-4-10-20-14/h3-4,6,8-10,15H,5,7,11-13H2,1-2H3,(H,21,24)/t15-/m0/s1. The van der Waals surface area contributed by atoms with Gasteiger partial charge < -0.3 is 24.4 Å². The van der Waals surface area contributed by atoms with E-state index in [1.807, 2.05) is 18.2 Å². The van der Waals surface area contributed by atoms with Gasteiger partial charge in [0, 0.05) is 25.4 Å². The minimum Gasteiger partial charge on any atom is -0.481 e. The van der Waals surface area contributed by atoms with Crippen LogP contribution in [0.3, 0.4) is 0 Å². The SMILES string of the molecule is COc1ccc(NC(=O)N(Cc2ccccn2)C[C@@H]2CCCO2)c(OC)n1. The summed E-state index contributed by atoms with van der Waals surface area (Å²) in [6, 6.07) is 8.75. The van der Waals surface area contributed by atoms with Gasteiger partial charge in [0.15, 0.2) is 0 Å². The predicted octanol–water partition coefficient (Wildman–Crippen LogP) is 2.71. The van der Waals surface area contributed by atoms with Crippen molar-refractivity contribution in [2.45, 2.75) is 25.5 Å². The third-order valence-electron chi connectivity index (χ3n) is 4.29.